The Bertz CT molecular complexity index is 356. The minimum absolute atomic E-state index is 0.446. The number of aromatic nitrogens is 1. The summed E-state index contributed by atoms with van der Waals surface area (Å²) in [6.45, 7) is 3.49. The first-order valence-corrected chi connectivity index (χ1v) is 5.58. The summed E-state index contributed by atoms with van der Waals surface area (Å²) in [6.07, 6.45) is 2.55. The number of hydrogen-bond acceptors (Lipinski definition) is 5. The van der Waals surface area contributed by atoms with Crippen molar-refractivity contribution in [1.82, 2.24) is 4.98 Å². The number of nitrogens with zero attached hydrogens (tertiary/aromatic N) is 1. The van der Waals surface area contributed by atoms with Crippen molar-refractivity contribution in [3.8, 4) is 11.5 Å². The smallest absolute Gasteiger partial charge is 0.182 e. The molecule has 0 spiro atoms. The van der Waals surface area contributed by atoms with Crippen molar-refractivity contribution in [2.45, 2.75) is 20.0 Å². The number of aryl methyl sites for hydroxylation is 1. The molecule has 0 aliphatic carbocycles. The largest absolute Gasteiger partial charge is 0.491 e. The van der Waals surface area contributed by atoms with Crippen molar-refractivity contribution in [3.63, 3.8) is 0 Å². The van der Waals surface area contributed by atoms with E-state index in [0.717, 1.165) is 17.7 Å². The van der Waals surface area contributed by atoms with Crippen LogP contribution in [0.3, 0.4) is 0 Å². The fraction of sp³-hybridized carbons (Fsp3) is 0.583. The fourth-order valence-corrected chi connectivity index (χ4v) is 1.52. The third-order valence-electron chi connectivity index (χ3n) is 2.34. The van der Waals surface area contributed by atoms with Gasteiger partial charge in [-0.15, -0.1) is 0 Å². The van der Waals surface area contributed by atoms with Gasteiger partial charge in [0, 0.05) is 18.9 Å². The zero-order valence-electron chi connectivity index (χ0n) is 10.7. The summed E-state index contributed by atoms with van der Waals surface area (Å²) in [5.74, 6) is 1.37. The quantitative estimate of drug-likeness (QED) is 0.727. The first-order valence-electron chi connectivity index (χ1n) is 5.58. The Balaban J connectivity index is 2.96. The zero-order chi connectivity index (χ0) is 12.7. The van der Waals surface area contributed by atoms with Crippen LogP contribution in [0.1, 0.15) is 17.7 Å². The van der Waals surface area contributed by atoms with Gasteiger partial charge < -0.3 is 19.9 Å². The Labute approximate surface area is 102 Å². The molecular formula is C12H20N2O3. The number of hydrogen-bond donors (Lipinski definition) is 1. The molecule has 1 aromatic heterocycles. The molecule has 17 heavy (non-hydrogen) atoms. The van der Waals surface area contributed by atoms with E-state index < -0.39 is 0 Å². The molecule has 5 heteroatoms. The summed E-state index contributed by atoms with van der Waals surface area (Å²) in [7, 11) is 3.24. The number of rotatable bonds is 7. The van der Waals surface area contributed by atoms with Crippen LogP contribution < -0.4 is 15.2 Å². The number of ether oxygens (including phenoxy) is 3. The highest BCUT2D eigenvalue weighted by Crippen LogP contribution is 2.33. The van der Waals surface area contributed by atoms with Gasteiger partial charge in [0.25, 0.3) is 0 Å². The maximum Gasteiger partial charge on any atom is 0.182 e. The lowest BCUT2D eigenvalue weighted by Gasteiger charge is -2.15. The van der Waals surface area contributed by atoms with Gasteiger partial charge in [0.2, 0.25) is 0 Å². The molecule has 0 saturated heterocycles. The van der Waals surface area contributed by atoms with Crippen LogP contribution in [0.5, 0.6) is 11.5 Å². The molecule has 0 amide bonds. The van der Waals surface area contributed by atoms with E-state index in [2.05, 4.69) is 4.98 Å². The van der Waals surface area contributed by atoms with E-state index in [-0.39, 0.29) is 0 Å². The van der Waals surface area contributed by atoms with Gasteiger partial charge in [-0.05, 0) is 19.9 Å². The molecule has 1 heterocycles. The van der Waals surface area contributed by atoms with Crippen LogP contribution in [-0.4, -0.2) is 32.4 Å². The second kappa shape index (κ2) is 7.09. The third kappa shape index (κ3) is 3.57. The van der Waals surface area contributed by atoms with Gasteiger partial charge in [0.05, 0.1) is 26.0 Å². The molecule has 0 atom stereocenters. The summed E-state index contributed by atoms with van der Waals surface area (Å²) in [4.78, 5) is 4.25. The van der Waals surface area contributed by atoms with E-state index in [1.165, 1.54) is 0 Å². The lowest BCUT2D eigenvalue weighted by atomic mass is 10.2. The van der Waals surface area contributed by atoms with Crippen molar-refractivity contribution in [1.29, 1.82) is 0 Å². The Morgan fingerprint density at radius 3 is 2.65 bits per heavy atom. The van der Waals surface area contributed by atoms with E-state index in [9.17, 15) is 0 Å². The van der Waals surface area contributed by atoms with Crippen LogP contribution in [0.2, 0.25) is 0 Å². The standard InChI is InChI=1S/C12H20N2O3/c1-9-11(16-3)12(17-6-4-5-13)10(7-14-9)8-15-2/h7H,4-6,8,13H2,1-3H3. The second-order valence-electron chi connectivity index (χ2n) is 3.65. The Morgan fingerprint density at radius 2 is 2.06 bits per heavy atom. The highest BCUT2D eigenvalue weighted by Gasteiger charge is 2.14. The summed E-state index contributed by atoms with van der Waals surface area (Å²) >= 11 is 0. The van der Waals surface area contributed by atoms with Crippen LogP contribution in [-0.2, 0) is 11.3 Å². The second-order valence-corrected chi connectivity index (χ2v) is 3.65. The monoisotopic (exact) mass is 240 g/mol. The first-order chi connectivity index (χ1) is 8.24. The maximum absolute atomic E-state index is 5.71. The molecule has 0 unspecified atom stereocenters. The maximum atomic E-state index is 5.71. The van der Waals surface area contributed by atoms with Crippen LogP contribution in [0.15, 0.2) is 6.20 Å². The molecule has 2 N–H and O–H groups in total. The molecule has 0 saturated carbocycles. The van der Waals surface area contributed by atoms with Crippen molar-refractivity contribution in [2.75, 3.05) is 27.4 Å². The molecule has 1 aromatic rings. The van der Waals surface area contributed by atoms with Crippen LogP contribution in [0.25, 0.3) is 0 Å². The summed E-state index contributed by atoms with van der Waals surface area (Å²) in [5, 5.41) is 0. The molecule has 1 rings (SSSR count). The van der Waals surface area contributed by atoms with Crippen molar-refractivity contribution in [2.24, 2.45) is 5.73 Å². The summed E-state index contributed by atoms with van der Waals surface area (Å²) in [5.41, 5.74) is 7.12. The molecule has 5 nitrogen and oxygen atoms in total. The van der Waals surface area contributed by atoms with Crippen LogP contribution in [0.4, 0.5) is 0 Å². The third-order valence-corrected chi connectivity index (χ3v) is 2.34. The van der Waals surface area contributed by atoms with E-state index in [4.69, 9.17) is 19.9 Å². The molecular weight excluding hydrogens is 220 g/mol. The van der Waals surface area contributed by atoms with Gasteiger partial charge in [-0.2, -0.15) is 0 Å². The molecule has 0 aliphatic rings. The topological polar surface area (TPSA) is 66.6 Å². The number of methoxy groups -OCH3 is 2. The first kappa shape index (κ1) is 13.7. The zero-order valence-corrected chi connectivity index (χ0v) is 10.7. The lowest BCUT2D eigenvalue weighted by molar-refractivity contribution is 0.178. The van der Waals surface area contributed by atoms with E-state index >= 15 is 0 Å². The van der Waals surface area contributed by atoms with E-state index in [0.29, 0.717) is 31.3 Å². The van der Waals surface area contributed by atoms with E-state index in [1.807, 2.05) is 6.92 Å². The predicted octanol–water partition coefficient (Wildman–Crippen LogP) is 1.27. The molecule has 0 aliphatic heterocycles. The van der Waals surface area contributed by atoms with Crippen molar-refractivity contribution < 1.29 is 14.2 Å². The molecule has 0 aromatic carbocycles. The SMILES string of the molecule is COCc1cnc(C)c(OC)c1OCCCN. The minimum atomic E-state index is 0.446. The van der Waals surface area contributed by atoms with Gasteiger partial charge in [-0.1, -0.05) is 0 Å². The molecule has 0 radical (unpaired) electrons. The Kier molecular flexibility index (Phi) is 5.72. The summed E-state index contributed by atoms with van der Waals surface area (Å²) < 4.78 is 16.1. The Morgan fingerprint density at radius 1 is 1.29 bits per heavy atom. The molecule has 0 fully saturated rings. The van der Waals surface area contributed by atoms with Gasteiger partial charge >= 0.3 is 0 Å². The Hall–Kier alpha value is -1.33. The predicted molar refractivity (Wildman–Crippen MR) is 65.4 cm³/mol. The van der Waals surface area contributed by atoms with E-state index in [1.54, 1.807) is 20.4 Å². The fourth-order valence-electron chi connectivity index (χ4n) is 1.52. The number of nitrogens with two attached hydrogens (primary N) is 1. The normalized spacial score (nSPS) is 10.4. The highest BCUT2D eigenvalue weighted by molar-refractivity contribution is 5.47. The van der Waals surface area contributed by atoms with Gasteiger partial charge in [-0.3, -0.25) is 4.98 Å². The average molecular weight is 240 g/mol. The van der Waals surface area contributed by atoms with Gasteiger partial charge in [0.15, 0.2) is 11.5 Å². The van der Waals surface area contributed by atoms with Crippen molar-refractivity contribution >= 4 is 0 Å². The minimum Gasteiger partial charge on any atom is -0.491 e. The van der Waals surface area contributed by atoms with Gasteiger partial charge in [0.1, 0.15) is 0 Å². The van der Waals surface area contributed by atoms with Crippen molar-refractivity contribution in [3.05, 3.63) is 17.5 Å². The summed E-state index contributed by atoms with van der Waals surface area (Å²) in [6, 6.07) is 0. The van der Waals surface area contributed by atoms with Crippen LogP contribution in [0, 0.1) is 6.92 Å². The lowest BCUT2D eigenvalue weighted by Crippen LogP contribution is -2.09. The van der Waals surface area contributed by atoms with Gasteiger partial charge in [-0.25, -0.2) is 0 Å². The number of pyridine rings is 1. The molecule has 0 bridgehead atoms. The highest BCUT2D eigenvalue weighted by atomic mass is 16.5. The van der Waals surface area contributed by atoms with Crippen LogP contribution >= 0.6 is 0 Å². The average Bonchev–Trinajstić information content (AvgIpc) is 2.33. The molecule has 96 valence electrons.